The largest absolute Gasteiger partial charge is 0.496 e. The van der Waals surface area contributed by atoms with Gasteiger partial charge in [-0.1, -0.05) is 46.9 Å². The molecule has 12 heteroatoms. The van der Waals surface area contributed by atoms with E-state index >= 15 is 0 Å². The van der Waals surface area contributed by atoms with Crippen molar-refractivity contribution >= 4 is 64.4 Å². The fourth-order valence-corrected chi connectivity index (χ4v) is 9.07. The Hall–Kier alpha value is -4.10. The first-order valence-electron chi connectivity index (χ1n) is 16.2. The zero-order chi connectivity index (χ0) is 31.7. The van der Waals surface area contributed by atoms with E-state index in [9.17, 15) is 0 Å². The lowest BCUT2D eigenvalue weighted by molar-refractivity contribution is 0.183. The van der Waals surface area contributed by atoms with Gasteiger partial charge in [0, 0.05) is 73.5 Å². The summed E-state index contributed by atoms with van der Waals surface area (Å²) in [5.41, 5.74) is 6.65. The van der Waals surface area contributed by atoms with Crippen LogP contribution in [0.25, 0.3) is 31.5 Å². The van der Waals surface area contributed by atoms with Gasteiger partial charge in [-0.15, -0.1) is 0 Å². The molecule has 10 nitrogen and oxygen atoms in total. The average molecular weight is 667 g/mol. The van der Waals surface area contributed by atoms with Gasteiger partial charge >= 0.3 is 0 Å². The number of hydrogen-bond acceptors (Lipinski definition) is 12. The van der Waals surface area contributed by atoms with Gasteiger partial charge in [0.25, 0.3) is 0 Å². The van der Waals surface area contributed by atoms with Crippen LogP contribution in [0.4, 0.5) is 10.3 Å². The third-order valence-electron chi connectivity index (χ3n) is 9.46. The summed E-state index contributed by atoms with van der Waals surface area (Å²) in [7, 11) is 3.51. The Balaban J connectivity index is 0.983. The number of fused-ring (bicyclic) bond motifs is 3. The van der Waals surface area contributed by atoms with Gasteiger partial charge < -0.3 is 14.4 Å². The van der Waals surface area contributed by atoms with Gasteiger partial charge in [-0.2, -0.15) is 0 Å². The first-order valence-corrected chi connectivity index (χ1v) is 17.9. The van der Waals surface area contributed by atoms with E-state index < -0.39 is 0 Å². The first-order chi connectivity index (χ1) is 23.2. The molecule has 2 aliphatic heterocycles. The molecule has 0 bridgehead atoms. The number of methoxy groups -OCH3 is 2. The van der Waals surface area contributed by atoms with Crippen LogP contribution in [0.1, 0.15) is 31.2 Å². The van der Waals surface area contributed by atoms with Crippen LogP contribution in [0.15, 0.2) is 67.0 Å². The molecule has 6 heterocycles. The minimum absolute atomic E-state index is 0.409. The quantitative estimate of drug-likeness (QED) is 0.177. The number of piperidine rings is 2. The van der Waals surface area contributed by atoms with Crippen molar-refractivity contribution in [2.45, 2.75) is 44.3 Å². The Morgan fingerprint density at radius 1 is 0.787 bits per heavy atom. The third-order valence-corrected chi connectivity index (χ3v) is 11.3. The highest BCUT2D eigenvalue weighted by atomic mass is 32.1. The number of anilines is 2. The highest BCUT2D eigenvalue weighted by Crippen LogP contribution is 2.39. The van der Waals surface area contributed by atoms with E-state index in [-0.39, 0.29) is 0 Å². The van der Waals surface area contributed by atoms with Crippen LogP contribution < -0.4 is 19.8 Å². The fourth-order valence-electron chi connectivity index (χ4n) is 7.18. The summed E-state index contributed by atoms with van der Waals surface area (Å²) in [6, 6.07) is 19.3. The number of rotatable bonds is 9. The normalized spacial score (nSPS) is 17.1. The smallest absolute Gasteiger partial charge is 0.200 e. The molecule has 2 aliphatic rings. The van der Waals surface area contributed by atoms with E-state index in [1.54, 1.807) is 36.9 Å². The van der Waals surface area contributed by atoms with Crippen molar-refractivity contribution in [1.82, 2.24) is 29.8 Å². The van der Waals surface area contributed by atoms with Gasteiger partial charge in [0.05, 0.1) is 14.2 Å². The van der Waals surface area contributed by atoms with Crippen molar-refractivity contribution in [3.63, 3.8) is 0 Å². The molecule has 8 rings (SSSR count). The van der Waals surface area contributed by atoms with Crippen molar-refractivity contribution in [2.75, 3.05) is 50.7 Å². The Labute approximate surface area is 282 Å². The number of pyridine rings is 2. The number of aromatic nitrogens is 4. The molecule has 6 aromatic rings. The van der Waals surface area contributed by atoms with Gasteiger partial charge in [-0.05, 0) is 56.0 Å². The minimum atomic E-state index is 0.409. The topological polar surface area (TPSA) is 91.8 Å². The number of likely N-dealkylation sites (tertiary alicyclic amines) is 1. The summed E-state index contributed by atoms with van der Waals surface area (Å²) in [6.45, 7) is 4.73. The van der Waals surface area contributed by atoms with Gasteiger partial charge in [-0.25, -0.2) is 24.9 Å². The molecular formula is C35H38N8O2S2. The summed E-state index contributed by atoms with van der Waals surface area (Å²) in [6.07, 6.45) is 7.94. The molecule has 1 N–H and O–H groups in total. The van der Waals surface area contributed by atoms with Gasteiger partial charge in [0.2, 0.25) is 0 Å². The number of nitrogens with one attached hydrogen (secondary N) is 1. The number of hydrazine groups is 1. The van der Waals surface area contributed by atoms with Crippen molar-refractivity contribution in [3.05, 3.63) is 72.6 Å². The zero-order valence-electron chi connectivity index (χ0n) is 26.6. The summed E-state index contributed by atoms with van der Waals surface area (Å²) in [5.74, 6) is 1.83. The number of benzene rings is 2. The van der Waals surface area contributed by atoms with Crippen LogP contribution in [0.2, 0.25) is 0 Å². The summed E-state index contributed by atoms with van der Waals surface area (Å²) in [5, 5.41) is 6.48. The van der Waals surface area contributed by atoms with Gasteiger partial charge in [-0.3, -0.25) is 10.3 Å². The van der Waals surface area contributed by atoms with Crippen LogP contribution in [-0.2, 0) is 6.54 Å². The van der Waals surface area contributed by atoms with E-state index in [2.05, 4.69) is 60.5 Å². The highest BCUT2D eigenvalue weighted by molar-refractivity contribution is 7.22. The number of hydrogen-bond donors (Lipinski definition) is 1. The maximum absolute atomic E-state index is 5.97. The maximum atomic E-state index is 5.97. The van der Waals surface area contributed by atoms with Crippen LogP contribution in [0, 0.1) is 0 Å². The standard InChI is InChI=1S/C35H38N8O2S2/c1-44-30-21-23(31(45-2)27-8-4-3-7-26(27)30)22-41-17-11-24(12-18-41)43(35-39-29-10-6-16-37-33(29)47-35)25-13-19-42(20-14-25)40-34-38-28-9-5-15-36-32(28)46-34/h3-10,15-16,21,24-25H,11-14,17-20,22H2,1-2H3,(H,38,40). The SMILES string of the molecule is COc1cc(CN2CCC(N(c3nc4cccnc4s3)C3CCN(Nc4nc5cccnc5s4)CC3)CC2)c(OC)c2ccccc12. The van der Waals surface area contributed by atoms with Crippen LogP contribution in [0.5, 0.6) is 11.5 Å². The fraction of sp³-hybridized carbons (Fsp3) is 0.371. The van der Waals surface area contributed by atoms with Crippen molar-refractivity contribution in [1.29, 1.82) is 0 Å². The molecule has 0 spiro atoms. The molecule has 0 amide bonds. The Kier molecular flexibility index (Phi) is 8.49. The molecule has 47 heavy (non-hydrogen) atoms. The van der Waals surface area contributed by atoms with Gasteiger partial charge in [0.15, 0.2) is 10.3 Å². The summed E-state index contributed by atoms with van der Waals surface area (Å²) >= 11 is 3.33. The van der Waals surface area contributed by atoms with E-state index in [4.69, 9.17) is 19.4 Å². The van der Waals surface area contributed by atoms with Crippen molar-refractivity contribution < 1.29 is 9.47 Å². The molecule has 2 aromatic carbocycles. The molecule has 0 atom stereocenters. The van der Waals surface area contributed by atoms with E-state index in [1.165, 1.54) is 5.56 Å². The third kappa shape index (κ3) is 6.06. The molecule has 242 valence electrons. The Morgan fingerprint density at radius 3 is 2.11 bits per heavy atom. The second kappa shape index (κ2) is 13.2. The molecule has 0 unspecified atom stereocenters. The number of nitrogens with zero attached hydrogens (tertiary/aromatic N) is 7. The second-order valence-corrected chi connectivity index (χ2v) is 14.2. The number of ether oxygens (including phenoxy) is 2. The zero-order valence-corrected chi connectivity index (χ0v) is 28.3. The lowest BCUT2D eigenvalue weighted by Gasteiger charge is -2.45. The van der Waals surface area contributed by atoms with Crippen LogP contribution in [0.3, 0.4) is 0 Å². The predicted octanol–water partition coefficient (Wildman–Crippen LogP) is 6.83. The molecule has 4 aromatic heterocycles. The number of thiazole rings is 2. The first kappa shape index (κ1) is 30.2. The van der Waals surface area contributed by atoms with E-state index in [0.717, 1.165) is 112 Å². The molecule has 0 aliphatic carbocycles. The lowest BCUT2D eigenvalue weighted by Crippen LogP contribution is -2.53. The van der Waals surface area contributed by atoms with Crippen LogP contribution >= 0.6 is 22.7 Å². The van der Waals surface area contributed by atoms with E-state index in [1.807, 2.05) is 36.7 Å². The Bertz CT molecular complexity index is 1930. The van der Waals surface area contributed by atoms with Crippen molar-refractivity contribution in [2.24, 2.45) is 0 Å². The average Bonchev–Trinajstić information content (AvgIpc) is 3.73. The monoisotopic (exact) mass is 666 g/mol. The van der Waals surface area contributed by atoms with Crippen LogP contribution in [-0.4, -0.2) is 82.3 Å². The molecule has 2 saturated heterocycles. The Morgan fingerprint density at radius 2 is 1.45 bits per heavy atom. The van der Waals surface area contributed by atoms with Crippen molar-refractivity contribution in [3.8, 4) is 11.5 Å². The summed E-state index contributed by atoms with van der Waals surface area (Å²) in [4.78, 5) is 26.1. The minimum Gasteiger partial charge on any atom is -0.496 e. The molecule has 0 saturated carbocycles. The molecular weight excluding hydrogens is 629 g/mol. The summed E-state index contributed by atoms with van der Waals surface area (Å²) < 4.78 is 11.8. The molecule has 0 radical (unpaired) electrons. The van der Waals surface area contributed by atoms with E-state index in [0.29, 0.717) is 12.1 Å². The highest BCUT2D eigenvalue weighted by Gasteiger charge is 2.34. The molecule has 2 fully saturated rings. The second-order valence-electron chi connectivity index (χ2n) is 12.2. The lowest BCUT2D eigenvalue weighted by atomic mass is 9.96. The maximum Gasteiger partial charge on any atom is 0.200 e. The van der Waals surface area contributed by atoms with Gasteiger partial charge in [0.1, 0.15) is 32.2 Å². The predicted molar refractivity (Wildman–Crippen MR) is 191 cm³/mol.